The third-order valence-electron chi connectivity index (χ3n) is 9.05. The smallest absolute Gasteiger partial charge is 0.160 e. The van der Waals surface area contributed by atoms with E-state index >= 15 is 0 Å². The van der Waals surface area contributed by atoms with Crippen molar-refractivity contribution in [3.63, 3.8) is 0 Å². The molecule has 10 rings (SSSR count). The van der Waals surface area contributed by atoms with Gasteiger partial charge in [-0.05, 0) is 75.1 Å². The molecule has 4 heteroatoms. The van der Waals surface area contributed by atoms with Crippen molar-refractivity contribution in [3.05, 3.63) is 146 Å². The van der Waals surface area contributed by atoms with Gasteiger partial charge in [0.25, 0.3) is 0 Å². The average Bonchev–Trinajstić information content (AvgIpc) is 3.68. The molecule has 0 aliphatic carbocycles. The molecular weight excluding hydrogens is 581 g/mol. The highest BCUT2D eigenvalue weighted by molar-refractivity contribution is 7.26. The van der Waals surface area contributed by atoms with Gasteiger partial charge in [-0.1, -0.05) is 103 Å². The quantitative estimate of drug-likeness (QED) is 0.201. The molecule has 10 aromatic rings. The standard InChI is InChI=1S/C42H24N2OS/c1-3-9-27-21-29(15-13-25(27)7-1)30-18-20-36-35(23-30)33-19-17-32(24-37(33)45-36)42-43-39(31-16-14-26-8-2-4-10-28(26)22-31)41-40(44-42)34-11-5-6-12-38(34)46-41/h1-24H. The number of fused-ring (bicyclic) bond motifs is 8. The first kappa shape index (κ1) is 25.5. The number of rotatable bonds is 3. The number of hydrogen-bond donors (Lipinski definition) is 0. The highest BCUT2D eigenvalue weighted by Crippen LogP contribution is 2.41. The molecule has 0 N–H and O–H groups in total. The van der Waals surface area contributed by atoms with Crippen LogP contribution in [0.3, 0.4) is 0 Å². The largest absolute Gasteiger partial charge is 0.456 e. The topological polar surface area (TPSA) is 38.9 Å². The molecule has 3 aromatic heterocycles. The first-order chi connectivity index (χ1) is 22.7. The summed E-state index contributed by atoms with van der Waals surface area (Å²) < 4.78 is 8.74. The molecule has 7 aromatic carbocycles. The number of aromatic nitrogens is 2. The molecule has 0 spiro atoms. The van der Waals surface area contributed by atoms with Crippen molar-refractivity contribution >= 4 is 75.1 Å². The van der Waals surface area contributed by atoms with E-state index in [4.69, 9.17) is 14.4 Å². The van der Waals surface area contributed by atoms with Gasteiger partial charge in [0.05, 0.1) is 15.9 Å². The summed E-state index contributed by atoms with van der Waals surface area (Å²) in [6.45, 7) is 0. The fraction of sp³-hybridized carbons (Fsp3) is 0. The van der Waals surface area contributed by atoms with Crippen molar-refractivity contribution in [1.82, 2.24) is 9.97 Å². The second kappa shape index (κ2) is 9.83. The predicted octanol–water partition coefficient (Wildman–Crippen LogP) is 12.1. The minimum Gasteiger partial charge on any atom is -0.456 e. The van der Waals surface area contributed by atoms with Crippen LogP contribution < -0.4 is 0 Å². The van der Waals surface area contributed by atoms with Crippen LogP contribution in [0, 0.1) is 0 Å². The van der Waals surface area contributed by atoms with Gasteiger partial charge in [-0.15, -0.1) is 11.3 Å². The molecule has 3 heterocycles. The number of hydrogen-bond acceptors (Lipinski definition) is 4. The Labute approximate surface area is 268 Å². The van der Waals surface area contributed by atoms with Gasteiger partial charge in [0.1, 0.15) is 11.2 Å². The Bertz CT molecular complexity index is 2830. The van der Waals surface area contributed by atoms with E-state index in [1.165, 1.54) is 37.4 Å². The summed E-state index contributed by atoms with van der Waals surface area (Å²) in [5.41, 5.74) is 8.02. The lowest BCUT2D eigenvalue weighted by atomic mass is 9.99. The molecule has 3 nitrogen and oxygen atoms in total. The molecule has 214 valence electrons. The van der Waals surface area contributed by atoms with Crippen molar-refractivity contribution in [2.24, 2.45) is 0 Å². The van der Waals surface area contributed by atoms with Gasteiger partial charge in [0.15, 0.2) is 5.82 Å². The van der Waals surface area contributed by atoms with E-state index in [1.807, 2.05) is 0 Å². The van der Waals surface area contributed by atoms with Crippen LogP contribution in [0.2, 0.25) is 0 Å². The molecule has 0 aliphatic rings. The summed E-state index contributed by atoms with van der Waals surface area (Å²) in [7, 11) is 0. The first-order valence-corrected chi connectivity index (χ1v) is 16.2. The SMILES string of the molecule is c1ccc2cc(-c3ccc4oc5cc(-c6nc(-c7ccc8ccccc8c7)c7sc8ccccc8c7n6)ccc5c4c3)ccc2c1. The lowest BCUT2D eigenvalue weighted by molar-refractivity contribution is 0.669. The van der Waals surface area contributed by atoms with Crippen LogP contribution in [0.15, 0.2) is 150 Å². The molecule has 0 amide bonds. The number of thiophene rings is 1. The molecule has 46 heavy (non-hydrogen) atoms. The average molecular weight is 605 g/mol. The number of furan rings is 1. The van der Waals surface area contributed by atoms with E-state index in [1.54, 1.807) is 11.3 Å². The van der Waals surface area contributed by atoms with Gasteiger partial charge in [-0.3, -0.25) is 0 Å². The summed E-state index contributed by atoms with van der Waals surface area (Å²) in [6.07, 6.45) is 0. The maximum absolute atomic E-state index is 6.43. The van der Waals surface area contributed by atoms with Gasteiger partial charge in [0.2, 0.25) is 0 Å². The van der Waals surface area contributed by atoms with E-state index in [9.17, 15) is 0 Å². The Morgan fingerprint density at radius 2 is 1.09 bits per heavy atom. The summed E-state index contributed by atoms with van der Waals surface area (Å²) in [6, 6.07) is 51.5. The van der Waals surface area contributed by atoms with Crippen molar-refractivity contribution in [3.8, 4) is 33.8 Å². The van der Waals surface area contributed by atoms with Crippen molar-refractivity contribution in [2.45, 2.75) is 0 Å². The molecule has 0 aliphatic heterocycles. The van der Waals surface area contributed by atoms with Crippen LogP contribution in [0.1, 0.15) is 0 Å². The van der Waals surface area contributed by atoms with E-state index in [-0.39, 0.29) is 0 Å². The van der Waals surface area contributed by atoms with Crippen LogP contribution >= 0.6 is 11.3 Å². The van der Waals surface area contributed by atoms with Gasteiger partial charge < -0.3 is 4.42 Å². The van der Waals surface area contributed by atoms with Crippen molar-refractivity contribution in [1.29, 1.82) is 0 Å². The Morgan fingerprint density at radius 3 is 1.91 bits per heavy atom. The molecule has 0 saturated heterocycles. The van der Waals surface area contributed by atoms with Gasteiger partial charge >= 0.3 is 0 Å². The molecular formula is C42H24N2OS. The van der Waals surface area contributed by atoms with Crippen LogP contribution in [0.4, 0.5) is 0 Å². The second-order valence-corrected chi connectivity index (χ2v) is 12.9. The molecule has 0 unspecified atom stereocenters. The minimum atomic E-state index is 0.693. The number of benzene rings is 7. The molecule has 0 saturated carbocycles. The highest BCUT2D eigenvalue weighted by atomic mass is 32.1. The van der Waals surface area contributed by atoms with Gasteiger partial charge in [-0.2, -0.15) is 0 Å². The van der Waals surface area contributed by atoms with Crippen molar-refractivity contribution in [2.75, 3.05) is 0 Å². The third-order valence-corrected chi connectivity index (χ3v) is 10.2. The Kier molecular flexibility index (Phi) is 5.45. The fourth-order valence-corrected chi connectivity index (χ4v) is 7.87. The maximum atomic E-state index is 6.43. The highest BCUT2D eigenvalue weighted by Gasteiger charge is 2.18. The predicted molar refractivity (Wildman–Crippen MR) is 194 cm³/mol. The lowest BCUT2D eigenvalue weighted by Crippen LogP contribution is -1.93. The van der Waals surface area contributed by atoms with Gasteiger partial charge in [-0.25, -0.2) is 9.97 Å². The molecule has 0 fully saturated rings. The first-order valence-electron chi connectivity index (χ1n) is 15.4. The van der Waals surface area contributed by atoms with E-state index in [0.29, 0.717) is 5.82 Å². The van der Waals surface area contributed by atoms with Crippen LogP contribution in [0.5, 0.6) is 0 Å². The lowest BCUT2D eigenvalue weighted by Gasteiger charge is -2.08. The fourth-order valence-electron chi connectivity index (χ4n) is 6.72. The Balaban J connectivity index is 1.14. The van der Waals surface area contributed by atoms with Crippen LogP contribution in [-0.2, 0) is 0 Å². The summed E-state index contributed by atoms with van der Waals surface area (Å²) in [4.78, 5) is 10.4. The summed E-state index contributed by atoms with van der Waals surface area (Å²) >= 11 is 1.75. The van der Waals surface area contributed by atoms with Gasteiger partial charge in [0, 0.05) is 32.0 Å². The summed E-state index contributed by atoms with van der Waals surface area (Å²) in [5.74, 6) is 0.693. The van der Waals surface area contributed by atoms with Crippen LogP contribution in [0.25, 0.3) is 97.6 Å². The minimum absolute atomic E-state index is 0.693. The molecule has 0 radical (unpaired) electrons. The Morgan fingerprint density at radius 1 is 0.435 bits per heavy atom. The normalized spacial score (nSPS) is 11.9. The molecule has 0 bridgehead atoms. The third kappa shape index (κ3) is 3.97. The zero-order valence-electron chi connectivity index (χ0n) is 24.6. The Hall–Kier alpha value is -5.84. The molecule has 0 atom stereocenters. The zero-order chi connectivity index (χ0) is 30.2. The van der Waals surface area contributed by atoms with E-state index < -0.39 is 0 Å². The second-order valence-electron chi connectivity index (χ2n) is 11.8. The van der Waals surface area contributed by atoms with Crippen molar-refractivity contribution < 1.29 is 4.42 Å². The monoisotopic (exact) mass is 604 g/mol. The summed E-state index contributed by atoms with van der Waals surface area (Å²) in [5, 5.41) is 8.23. The van der Waals surface area contributed by atoms with E-state index in [0.717, 1.165) is 54.4 Å². The zero-order valence-corrected chi connectivity index (χ0v) is 25.4. The van der Waals surface area contributed by atoms with Crippen LogP contribution in [-0.4, -0.2) is 9.97 Å². The number of nitrogens with zero attached hydrogens (tertiary/aromatic N) is 2. The van der Waals surface area contributed by atoms with E-state index in [2.05, 4.69) is 146 Å². The maximum Gasteiger partial charge on any atom is 0.160 e.